The van der Waals surface area contributed by atoms with Crippen molar-refractivity contribution in [3.8, 4) is 0 Å². The molecular formula is C9H15N3O. The Kier molecular flexibility index (Phi) is 3.08. The first-order valence-corrected chi connectivity index (χ1v) is 4.20. The highest BCUT2D eigenvalue weighted by molar-refractivity contribution is 5.76. The predicted octanol–water partition coefficient (Wildman–Crippen LogP) is 0.493. The lowest BCUT2D eigenvalue weighted by atomic mass is 10.1. The number of H-pyrrole nitrogens is 1. The molecular weight excluding hydrogens is 166 g/mol. The van der Waals surface area contributed by atoms with Crippen molar-refractivity contribution in [2.24, 2.45) is 5.73 Å². The maximum absolute atomic E-state index is 11.3. The van der Waals surface area contributed by atoms with Crippen LogP contribution in [0.2, 0.25) is 0 Å². The van der Waals surface area contributed by atoms with Crippen LogP contribution < -0.4 is 5.73 Å². The molecule has 0 bridgehead atoms. The molecule has 1 amide bonds. The molecule has 1 unspecified atom stereocenters. The molecule has 0 fully saturated rings. The normalized spacial score (nSPS) is 12.5. The second-order valence-electron chi connectivity index (χ2n) is 3.22. The molecule has 13 heavy (non-hydrogen) atoms. The summed E-state index contributed by atoms with van der Waals surface area (Å²) in [5, 5.41) is 0. The van der Waals surface area contributed by atoms with Crippen molar-refractivity contribution in [1.82, 2.24) is 9.88 Å². The minimum atomic E-state index is -0.232. The van der Waals surface area contributed by atoms with Crippen LogP contribution >= 0.6 is 0 Å². The van der Waals surface area contributed by atoms with Crippen molar-refractivity contribution < 1.29 is 4.79 Å². The van der Waals surface area contributed by atoms with Crippen molar-refractivity contribution in [1.29, 1.82) is 0 Å². The first-order valence-electron chi connectivity index (χ1n) is 4.20. The maximum atomic E-state index is 11.3. The van der Waals surface area contributed by atoms with Gasteiger partial charge in [-0.05, 0) is 12.1 Å². The smallest absolute Gasteiger partial charge is 0.224 e. The summed E-state index contributed by atoms with van der Waals surface area (Å²) < 4.78 is 0. The lowest BCUT2D eigenvalue weighted by Gasteiger charge is -2.13. The second-order valence-corrected chi connectivity index (χ2v) is 3.22. The summed E-state index contributed by atoms with van der Waals surface area (Å²) in [6.07, 6.45) is 2.14. The van der Waals surface area contributed by atoms with Gasteiger partial charge in [0.15, 0.2) is 0 Å². The quantitative estimate of drug-likeness (QED) is 0.713. The van der Waals surface area contributed by atoms with Crippen molar-refractivity contribution in [3.05, 3.63) is 24.0 Å². The van der Waals surface area contributed by atoms with Crippen molar-refractivity contribution in [2.45, 2.75) is 12.5 Å². The molecule has 0 aliphatic heterocycles. The zero-order valence-electron chi connectivity index (χ0n) is 7.95. The van der Waals surface area contributed by atoms with Crippen LogP contribution in [0.5, 0.6) is 0 Å². The molecule has 1 heterocycles. The van der Waals surface area contributed by atoms with Gasteiger partial charge in [-0.15, -0.1) is 0 Å². The maximum Gasteiger partial charge on any atom is 0.224 e. The van der Waals surface area contributed by atoms with E-state index < -0.39 is 0 Å². The number of hydrogen-bond donors (Lipinski definition) is 2. The molecule has 1 aromatic rings. The van der Waals surface area contributed by atoms with E-state index in [1.807, 2.05) is 12.1 Å². The Bertz CT molecular complexity index is 266. The SMILES string of the molecule is CN(C)C(=O)CC(N)c1ccc[nH]1. The summed E-state index contributed by atoms with van der Waals surface area (Å²) >= 11 is 0. The van der Waals surface area contributed by atoms with Gasteiger partial charge in [0.1, 0.15) is 0 Å². The number of aromatic nitrogens is 1. The highest BCUT2D eigenvalue weighted by atomic mass is 16.2. The molecule has 0 aliphatic rings. The van der Waals surface area contributed by atoms with Gasteiger partial charge in [0.05, 0.1) is 6.04 Å². The molecule has 1 aromatic heterocycles. The second kappa shape index (κ2) is 4.09. The number of carbonyl (C=O) groups is 1. The number of nitrogens with zero attached hydrogens (tertiary/aromatic N) is 1. The van der Waals surface area contributed by atoms with Crippen molar-refractivity contribution in [3.63, 3.8) is 0 Å². The number of aromatic amines is 1. The first-order chi connectivity index (χ1) is 6.11. The molecule has 4 nitrogen and oxygen atoms in total. The van der Waals surface area contributed by atoms with Crippen molar-refractivity contribution >= 4 is 5.91 Å². The molecule has 0 aromatic carbocycles. The Morgan fingerprint density at radius 1 is 1.69 bits per heavy atom. The standard InChI is InChI=1S/C9H15N3O/c1-12(2)9(13)6-7(10)8-4-3-5-11-8/h3-5,7,11H,6,10H2,1-2H3. The molecule has 0 saturated carbocycles. The number of nitrogens with one attached hydrogen (secondary N) is 1. The number of hydrogen-bond acceptors (Lipinski definition) is 2. The van der Waals surface area contributed by atoms with E-state index >= 15 is 0 Å². The number of nitrogens with two attached hydrogens (primary N) is 1. The lowest BCUT2D eigenvalue weighted by Crippen LogP contribution is -2.26. The largest absolute Gasteiger partial charge is 0.364 e. The minimum absolute atomic E-state index is 0.0436. The molecule has 3 N–H and O–H groups in total. The third-order valence-electron chi connectivity index (χ3n) is 1.91. The van der Waals surface area contributed by atoms with Crippen LogP contribution in [0, 0.1) is 0 Å². The molecule has 0 spiro atoms. The molecule has 0 radical (unpaired) electrons. The Morgan fingerprint density at radius 3 is 2.85 bits per heavy atom. The van der Waals surface area contributed by atoms with Gasteiger partial charge in [0, 0.05) is 32.4 Å². The van der Waals surface area contributed by atoms with Gasteiger partial charge in [-0.25, -0.2) is 0 Å². The van der Waals surface area contributed by atoms with E-state index in [0.717, 1.165) is 5.69 Å². The van der Waals surface area contributed by atoms with Gasteiger partial charge in [0.2, 0.25) is 5.91 Å². The molecule has 0 aliphatic carbocycles. The number of carbonyl (C=O) groups excluding carboxylic acids is 1. The zero-order valence-corrected chi connectivity index (χ0v) is 7.95. The summed E-state index contributed by atoms with van der Waals surface area (Å²) in [6, 6.07) is 3.52. The van der Waals surface area contributed by atoms with Gasteiger partial charge in [-0.2, -0.15) is 0 Å². The minimum Gasteiger partial charge on any atom is -0.364 e. The van der Waals surface area contributed by atoms with Crippen LogP contribution in [0.1, 0.15) is 18.2 Å². The molecule has 0 saturated heterocycles. The summed E-state index contributed by atoms with van der Waals surface area (Å²) in [4.78, 5) is 15.8. The average molecular weight is 181 g/mol. The van der Waals surface area contributed by atoms with E-state index in [-0.39, 0.29) is 11.9 Å². The average Bonchev–Trinajstić information content (AvgIpc) is 2.55. The van der Waals surface area contributed by atoms with Crippen LogP contribution in [-0.2, 0) is 4.79 Å². The van der Waals surface area contributed by atoms with E-state index in [1.54, 1.807) is 25.2 Å². The highest BCUT2D eigenvalue weighted by Crippen LogP contribution is 2.11. The zero-order chi connectivity index (χ0) is 9.84. The summed E-state index contributed by atoms with van der Waals surface area (Å²) in [5.41, 5.74) is 6.70. The van der Waals surface area contributed by atoms with Gasteiger partial charge in [-0.3, -0.25) is 4.79 Å². The Balaban J connectivity index is 2.51. The van der Waals surface area contributed by atoms with Crippen molar-refractivity contribution in [2.75, 3.05) is 14.1 Å². The van der Waals surface area contributed by atoms with E-state index in [0.29, 0.717) is 6.42 Å². The lowest BCUT2D eigenvalue weighted by molar-refractivity contribution is -0.129. The van der Waals surface area contributed by atoms with E-state index in [9.17, 15) is 4.79 Å². The van der Waals surface area contributed by atoms with E-state index in [2.05, 4.69) is 4.98 Å². The number of amides is 1. The monoisotopic (exact) mass is 181 g/mol. The number of rotatable bonds is 3. The van der Waals surface area contributed by atoms with Gasteiger partial charge >= 0.3 is 0 Å². The Labute approximate surface area is 77.7 Å². The van der Waals surface area contributed by atoms with Gasteiger partial charge < -0.3 is 15.6 Å². The summed E-state index contributed by atoms with van der Waals surface area (Å²) in [6.45, 7) is 0. The third kappa shape index (κ3) is 2.59. The van der Waals surface area contributed by atoms with E-state index in [4.69, 9.17) is 5.73 Å². The summed E-state index contributed by atoms with van der Waals surface area (Å²) in [7, 11) is 3.45. The topological polar surface area (TPSA) is 62.1 Å². The van der Waals surface area contributed by atoms with Crippen LogP contribution in [0.3, 0.4) is 0 Å². The fourth-order valence-electron chi connectivity index (χ4n) is 1.06. The van der Waals surface area contributed by atoms with Gasteiger partial charge in [0.25, 0.3) is 0 Å². The highest BCUT2D eigenvalue weighted by Gasteiger charge is 2.12. The molecule has 1 rings (SSSR count). The van der Waals surface area contributed by atoms with Crippen LogP contribution in [-0.4, -0.2) is 29.9 Å². The van der Waals surface area contributed by atoms with Crippen LogP contribution in [0.25, 0.3) is 0 Å². The third-order valence-corrected chi connectivity index (χ3v) is 1.91. The van der Waals surface area contributed by atoms with Gasteiger partial charge in [-0.1, -0.05) is 0 Å². The summed E-state index contributed by atoms with van der Waals surface area (Å²) in [5.74, 6) is 0.0436. The Hall–Kier alpha value is -1.29. The fourth-order valence-corrected chi connectivity index (χ4v) is 1.06. The first kappa shape index (κ1) is 9.80. The van der Waals surface area contributed by atoms with E-state index in [1.165, 1.54) is 0 Å². The van der Waals surface area contributed by atoms with Crippen LogP contribution in [0.15, 0.2) is 18.3 Å². The Morgan fingerprint density at radius 2 is 2.38 bits per heavy atom. The fraction of sp³-hybridized carbons (Fsp3) is 0.444. The molecule has 72 valence electrons. The predicted molar refractivity (Wildman–Crippen MR) is 51.0 cm³/mol. The molecule has 4 heteroatoms. The van der Waals surface area contributed by atoms with Crippen LogP contribution in [0.4, 0.5) is 0 Å². The molecule has 1 atom stereocenters.